The van der Waals surface area contributed by atoms with Gasteiger partial charge in [-0.1, -0.05) is 69.4 Å². The standard InChI is InChI=1S/C27H40NO7P/c1-2-26(30)34-20-35-36(33,16-10-9-13-21-11-5-3-6-12-21)19-25(29)28-18-23(17-24(28)27(31)32)22-14-7-4-8-15-22/h3,5-6,11-12,22-24H,2,4,7-10,13-20H2,1H3,(H,31,32). The summed E-state index contributed by atoms with van der Waals surface area (Å²) in [7, 11) is -3.49. The van der Waals surface area contributed by atoms with Crippen molar-refractivity contribution in [3.8, 4) is 0 Å². The lowest BCUT2D eigenvalue weighted by molar-refractivity contribution is -0.150. The predicted octanol–water partition coefficient (Wildman–Crippen LogP) is 5.10. The van der Waals surface area contributed by atoms with Crippen molar-refractivity contribution in [2.24, 2.45) is 11.8 Å². The highest BCUT2D eigenvalue weighted by Crippen LogP contribution is 2.49. The Balaban J connectivity index is 1.62. The molecule has 1 heterocycles. The minimum absolute atomic E-state index is 0.159. The molecule has 1 aliphatic heterocycles. The van der Waals surface area contributed by atoms with Crippen molar-refractivity contribution >= 4 is 25.2 Å². The van der Waals surface area contributed by atoms with Gasteiger partial charge in [0.05, 0.1) is 0 Å². The fraction of sp³-hybridized carbons (Fsp3) is 0.667. The van der Waals surface area contributed by atoms with Gasteiger partial charge < -0.3 is 14.7 Å². The Labute approximate surface area is 214 Å². The number of esters is 1. The van der Waals surface area contributed by atoms with Crippen LogP contribution in [0.4, 0.5) is 0 Å². The Kier molecular flexibility index (Phi) is 11.0. The number of benzene rings is 1. The molecule has 1 saturated heterocycles. The summed E-state index contributed by atoms with van der Waals surface area (Å²) in [4.78, 5) is 38.2. The highest BCUT2D eigenvalue weighted by Gasteiger charge is 2.44. The second-order valence-corrected chi connectivity index (χ2v) is 12.7. The van der Waals surface area contributed by atoms with E-state index in [9.17, 15) is 24.1 Å². The van der Waals surface area contributed by atoms with Gasteiger partial charge in [0.15, 0.2) is 6.79 Å². The van der Waals surface area contributed by atoms with E-state index in [4.69, 9.17) is 9.26 Å². The van der Waals surface area contributed by atoms with E-state index in [1.807, 2.05) is 30.3 Å². The van der Waals surface area contributed by atoms with Crippen LogP contribution in [0.2, 0.25) is 0 Å². The highest BCUT2D eigenvalue weighted by atomic mass is 31.2. The first-order chi connectivity index (χ1) is 17.3. The minimum atomic E-state index is -3.49. The first kappa shape index (κ1) is 28.4. The maximum absolute atomic E-state index is 13.7. The van der Waals surface area contributed by atoms with E-state index in [-0.39, 0.29) is 24.7 Å². The summed E-state index contributed by atoms with van der Waals surface area (Å²) in [5, 5.41) is 9.81. The number of ether oxygens (including phenoxy) is 1. The number of aliphatic carboxylic acids is 1. The molecule has 1 N–H and O–H groups in total. The predicted molar refractivity (Wildman–Crippen MR) is 137 cm³/mol. The minimum Gasteiger partial charge on any atom is -0.480 e. The molecule has 3 rings (SSSR count). The van der Waals surface area contributed by atoms with Crippen LogP contribution in [0.1, 0.15) is 70.3 Å². The molecule has 1 aromatic carbocycles. The van der Waals surface area contributed by atoms with Crippen LogP contribution < -0.4 is 0 Å². The number of nitrogens with zero attached hydrogens (tertiary/aromatic N) is 1. The fourth-order valence-electron chi connectivity index (χ4n) is 5.43. The molecule has 1 saturated carbocycles. The molecule has 8 nitrogen and oxygen atoms in total. The number of amides is 1. The number of hydrogen-bond donors (Lipinski definition) is 1. The van der Waals surface area contributed by atoms with Crippen molar-refractivity contribution in [2.45, 2.75) is 77.2 Å². The Hall–Kier alpha value is -2.18. The van der Waals surface area contributed by atoms with Gasteiger partial charge in [0.25, 0.3) is 0 Å². The fourth-order valence-corrected chi connectivity index (χ4v) is 7.35. The van der Waals surface area contributed by atoms with Gasteiger partial charge in [0.2, 0.25) is 13.3 Å². The summed E-state index contributed by atoms with van der Waals surface area (Å²) in [6, 6.07) is 9.07. The first-order valence-corrected chi connectivity index (χ1v) is 15.2. The van der Waals surface area contributed by atoms with Gasteiger partial charge in [-0.2, -0.15) is 0 Å². The van der Waals surface area contributed by atoms with E-state index < -0.39 is 38.0 Å². The van der Waals surface area contributed by atoms with E-state index in [2.05, 4.69) is 0 Å². The van der Waals surface area contributed by atoms with E-state index >= 15 is 0 Å². The molecule has 200 valence electrons. The third-order valence-electron chi connectivity index (χ3n) is 7.49. The smallest absolute Gasteiger partial charge is 0.326 e. The molecule has 0 spiro atoms. The van der Waals surface area contributed by atoms with Crippen LogP contribution >= 0.6 is 7.37 Å². The molecule has 2 fully saturated rings. The molecule has 0 bridgehead atoms. The number of hydrogen-bond acceptors (Lipinski definition) is 6. The average Bonchev–Trinajstić information content (AvgIpc) is 3.34. The van der Waals surface area contributed by atoms with E-state index in [1.54, 1.807) is 6.92 Å². The molecule has 1 aromatic rings. The largest absolute Gasteiger partial charge is 0.480 e. The maximum Gasteiger partial charge on any atom is 0.326 e. The van der Waals surface area contributed by atoms with E-state index in [1.165, 1.54) is 16.9 Å². The SMILES string of the molecule is CCC(=O)OCOP(=O)(CCCCc1ccccc1)CC(=O)N1CC(C2CCCCC2)CC1C(=O)O. The molecular weight excluding hydrogens is 481 g/mol. The van der Waals surface area contributed by atoms with Gasteiger partial charge >= 0.3 is 11.9 Å². The molecule has 1 aliphatic carbocycles. The highest BCUT2D eigenvalue weighted by molar-refractivity contribution is 7.59. The van der Waals surface area contributed by atoms with Crippen molar-refractivity contribution in [3.05, 3.63) is 35.9 Å². The quantitative estimate of drug-likeness (QED) is 0.166. The van der Waals surface area contributed by atoms with Crippen LogP contribution in [0.15, 0.2) is 30.3 Å². The topological polar surface area (TPSA) is 110 Å². The van der Waals surface area contributed by atoms with Crippen LogP contribution in [0.3, 0.4) is 0 Å². The average molecular weight is 522 g/mol. The van der Waals surface area contributed by atoms with Crippen molar-refractivity contribution in [3.63, 3.8) is 0 Å². The molecule has 1 amide bonds. The lowest BCUT2D eigenvalue weighted by Crippen LogP contribution is -2.42. The lowest BCUT2D eigenvalue weighted by Gasteiger charge is -2.28. The Bertz CT molecular complexity index is 916. The van der Waals surface area contributed by atoms with Gasteiger partial charge in [0.1, 0.15) is 12.2 Å². The normalized spacial score (nSPS) is 22.2. The van der Waals surface area contributed by atoms with Crippen molar-refractivity contribution in [1.82, 2.24) is 4.90 Å². The summed E-state index contributed by atoms with van der Waals surface area (Å²) in [6.45, 7) is 1.57. The number of carboxylic acids is 1. The van der Waals surface area contributed by atoms with Gasteiger partial charge in [-0.25, -0.2) is 4.79 Å². The number of unbranched alkanes of at least 4 members (excludes halogenated alkanes) is 1. The molecule has 0 aromatic heterocycles. The molecule has 36 heavy (non-hydrogen) atoms. The number of carbonyl (C=O) groups excluding carboxylic acids is 2. The third kappa shape index (κ3) is 8.45. The number of rotatable bonds is 13. The zero-order valence-electron chi connectivity index (χ0n) is 21.3. The van der Waals surface area contributed by atoms with Crippen molar-refractivity contribution < 1.29 is 33.3 Å². The summed E-state index contributed by atoms with van der Waals surface area (Å²) in [6.07, 6.45) is 8.23. The number of carbonyl (C=O) groups is 3. The zero-order valence-corrected chi connectivity index (χ0v) is 22.2. The summed E-state index contributed by atoms with van der Waals surface area (Å²) in [5.41, 5.74) is 1.18. The molecule has 0 radical (unpaired) electrons. The molecular formula is C27H40NO7P. The summed E-state index contributed by atoms with van der Waals surface area (Å²) >= 11 is 0. The monoisotopic (exact) mass is 521 g/mol. The van der Waals surface area contributed by atoms with Crippen LogP contribution in [0.5, 0.6) is 0 Å². The zero-order chi connectivity index (χ0) is 26.0. The van der Waals surface area contributed by atoms with Crippen molar-refractivity contribution in [2.75, 3.05) is 25.7 Å². The molecule has 2 aliphatic rings. The van der Waals surface area contributed by atoms with Gasteiger partial charge in [-0.05, 0) is 43.1 Å². The number of aryl methyl sites for hydroxylation is 1. The molecule has 3 atom stereocenters. The first-order valence-electron chi connectivity index (χ1n) is 13.3. The number of carboxylic acid groups (broad SMARTS) is 1. The Morgan fingerprint density at radius 1 is 1.06 bits per heavy atom. The maximum atomic E-state index is 13.7. The molecule has 9 heteroatoms. The second-order valence-electron chi connectivity index (χ2n) is 10.0. The third-order valence-corrected chi connectivity index (χ3v) is 9.81. The van der Waals surface area contributed by atoms with Gasteiger partial charge in [0, 0.05) is 19.1 Å². The lowest BCUT2D eigenvalue weighted by atomic mass is 9.79. The van der Waals surface area contributed by atoms with Gasteiger partial charge in [-0.15, -0.1) is 0 Å². The van der Waals surface area contributed by atoms with E-state index in [0.29, 0.717) is 25.3 Å². The molecule has 3 unspecified atom stereocenters. The van der Waals surface area contributed by atoms with Crippen LogP contribution in [-0.2, 0) is 34.6 Å². The number of likely N-dealkylation sites (tertiary alicyclic amines) is 1. The van der Waals surface area contributed by atoms with Crippen LogP contribution in [-0.4, -0.2) is 59.6 Å². The Morgan fingerprint density at radius 3 is 2.44 bits per heavy atom. The van der Waals surface area contributed by atoms with Crippen molar-refractivity contribution in [1.29, 1.82) is 0 Å². The van der Waals surface area contributed by atoms with Crippen LogP contribution in [0, 0.1) is 11.8 Å². The van der Waals surface area contributed by atoms with Gasteiger partial charge in [-0.3, -0.25) is 18.7 Å². The van der Waals surface area contributed by atoms with E-state index in [0.717, 1.165) is 38.5 Å². The summed E-state index contributed by atoms with van der Waals surface area (Å²) < 4.78 is 24.2. The van der Waals surface area contributed by atoms with Crippen LogP contribution in [0.25, 0.3) is 0 Å². The second kappa shape index (κ2) is 13.9. The Morgan fingerprint density at radius 2 is 1.78 bits per heavy atom. The summed E-state index contributed by atoms with van der Waals surface area (Å²) in [5.74, 6) is -1.34.